The minimum Gasteiger partial charge on any atom is -0.330 e. The van der Waals surface area contributed by atoms with Crippen LogP contribution in [0.4, 0.5) is 0 Å². The molecule has 3 heteroatoms. The molecule has 0 saturated heterocycles. The van der Waals surface area contributed by atoms with Crippen molar-refractivity contribution < 1.29 is 0 Å². The van der Waals surface area contributed by atoms with Gasteiger partial charge in [-0.05, 0) is 55.5 Å². The van der Waals surface area contributed by atoms with E-state index in [0.717, 1.165) is 19.6 Å². The molecule has 1 saturated carbocycles. The standard InChI is InChI=1S/C14H23N3/c1-2-17(11-13-3-9-16-10-4-13)12-14(5-6-14)7-8-15/h3-4,9-10H,2,5-8,11-12,15H2,1H3. The van der Waals surface area contributed by atoms with Gasteiger partial charge in [0.2, 0.25) is 0 Å². The zero-order valence-electron chi connectivity index (χ0n) is 10.7. The van der Waals surface area contributed by atoms with Gasteiger partial charge in [0.1, 0.15) is 0 Å². The van der Waals surface area contributed by atoms with Gasteiger partial charge in [-0.25, -0.2) is 0 Å². The fourth-order valence-electron chi connectivity index (χ4n) is 2.47. The van der Waals surface area contributed by atoms with Crippen molar-refractivity contribution >= 4 is 0 Å². The Bertz CT molecular complexity index is 333. The number of nitrogens with two attached hydrogens (primary N) is 1. The van der Waals surface area contributed by atoms with E-state index in [1.165, 1.54) is 31.4 Å². The van der Waals surface area contributed by atoms with Crippen LogP contribution in [0.1, 0.15) is 31.7 Å². The molecule has 2 rings (SSSR count). The van der Waals surface area contributed by atoms with Crippen molar-refractivity contribution in [3.63, 3.8) is 0 Å². The van der Waals surface area contributed by atoms with Gasteiger partial charge in [-0.2, -0.15) is 0 Å². The SMILES string of the molecule is CCN(Cc1ccncc1)CC1(CCN)CC1. The number of pyridine rings is 1. The molecule has 1 aromatic rings. The summed E-state index contributed by atoms with van der Waals surface area (Å²) in [6.45, 7) is 6.40. The summed E-state index contributed by atoms with van der Waals surface area (Å²) in [7, 11) is 0. The Morgan fingerprint density at radius 3 is 2.59 bits per heavy atom. The van der Waals surface area contributed by atoms with Gasteiger partial charge in [0.05, 0.1) is 0 Å². The van der Waals surface area contributed by atoms with Crippen LogP contribution in [0.15, 0.2) is 24.5 Å². The molecular weight excluding hydrogens is 210 g/mol. The molecule has 0 unspecified atom stereocenters. The Hall–Kier alpha value is -0.930. The van der Waals surface area contributed by atoms with E-state index >= 15 is 0 Å². The maximum Gasteiger partial charge on any atom is 0.0271 e. The third kappa shape index (κ3) is 3.51. The second-order valence-electron chi connectivity index (χ2n) is 5.20. The number of rotatable bonds is 7. The van der Waals surface area contributed by atoms with Crippen LogP contribution in [-0.2, 0) is 6.54 Å². The lowest BCUT2D eigenvalue weighted by molar-refractivity contribution is 0.215. The van der Waals surface area contributed by atoms with Gasteiger partial charge < -0.3 is 5.73 Å². The Morgan fingerprint density at radius 2 is 2.06 bits per heavy atom. The molecule has 0 atom stereocenters. The van der Waals surface area contributed by atoms with Crippen LogP contribution in [0.5, 0.6) is 0 Å². The second-order valence-corrected chi connectivity index (χ2v) is 5.20. The second kappa shape index (κ2) is 5.61. The highest BCUT2D eigenvalue weighted by Crippen LogP contribution is 2.49. The molecule has 1 fully saturated rings. The minimum absolute atomic E-state index is 0.539. The van der Waals surface area contributed by atoms with Crippen molar-refractivity contribution in [2.45, 2.75) is 32.7 Å². The summed E-state index contributed by atoms with van der Waals surface area (Å²) in [4.78, 5) is 6.59. The Kier molecular flexibility index (Phi) is 4.13. The summed E-state index contributed by atoms with van der Waals surface area (Å²) in [5, 5.41) is 0. The molecule has 0 aliphatic heterocycles. The maximum absolute atomic E-state index is 5.70. The van der Waals surface area contributed by atoms with E-state index in [1.54, 1.807) is 0 Å². The zero-order valence-corrected chi connectivity index (χ0v) is 10.7. The predicted molar refractivity (Wildman–Crippen MR) is 70.5 cm³/mol. The Balaban J connectivity index is 1.89. The number of hydrogen-bond donors (Lipinski definition) is 1. The smallest absolute Gasteiger partial charge is 0.0271 e. The topological polar surface area (TPSA) is 42.2 Å². The predicted octanol–water partition coefficient (Wildman–Crippen LogP) is 2.03. The lowest BCUT2D eigenvalue weighted by atomic mass is 10.0. The molecule has 3 nitrogen and oxygen atoms in total. The summed E-state index contributed by atoms with van der Waals surface area (Å²) in [5.74, 6) is 0. The quantitative estimate of drug-likeness (QED) is 0.783. The Labute approximate surface area is 104 Å². The van der Waals surface area contributed by atoms with Crippen LogP contribution in [0.25, 0.3) is 0 Å². The van der Waals surface area contributed by atoms with Gasteiger partial charge in [0, 0.05) is 25.5 Å². The lowest BCUT2D eigenvalue weighted by Crippen LogP contribution is -2.31. The highest BCUT2D eigenvalue weighted by molar-refractivity contribution is 5.09. The first-order valence-corrected chi connectivity index (χ1v) is 6.59. The molecule has 0 amide bonds. The molecule has 0 radical (unpaired) electrons. The summed E-state index contributed by atoms with van der Waals surface area (Å²) in [6.07, 6.45) is 7.64. The first kappa shape index (κ1) is 12.5. The fourth-order valence-corrected chi connectivity index (χ4v) is 2.47. The molecule has 94 valence electrons. The van der Waals surface area contributed by atoms with E-state index in [4.69, 9.17) is 5.73 Å². The van der Waals surface area contributed by atoms with E-state index in [-0.39, 0.29) is 0 Å². The van der Waals surface area contributed by atoms with Gasteiger partial charge >= 0.3 is 0 Å². The normalized spacial score (nSPS) is 17.4. The highest BCUT2D eigenvalue weighted by atomic mass is 15.1. The van der Waals surface area contributed by atoms with Crippen LogP contribution in [0, 0.1) is 5.41 Å². The number of aromatic nitrogens is 1. The zero-order chi connectivity index (χ0) is 12.1. The molecule has 1 aliphatic rings. The minimum atomic E-state index is 0.539. The van der Waals surface area contributed by atoms with Crippen molar-refractivity contribution in [3.05, 3.63) is 30.1 Å². The fraction of sp³-hybridized carbons (Fsp3) is 0.643. The molecule has 2 N–H and O–H groups in total. The molecule has 0 aromatic carbocycles. The molecule has 1 heterocycles. The van der Waals surface area contributed by atoms with Crippen LogP contribution in [0.3, 0.4) is 0 Å². The lowest BCUT2D eigenvalue weighted by Gasteiger charge is -2.26. The summed E-state index contributed by atoms with van der Waals surface area (Å²) >= 11 is 0. The van der Waals surface area contributed by atoms with Crippen LogP contribution in [0.2, 0.25) is 0 Å². The van der Waals surface area contributed by atoms with Gasteiger partial charge in [0.25, 0.3) is 0 Å². The average molecular weight is 233 g/mol. The number of nitrogens with zero attached hydrogens (tertiary/aromatic N) is 2. The van der Waals surface area contributed by atoms with Gasteiger partial charge in [0.15, 0.2) is 0 Å². The first-order valence-electron chi connectivity index (χ1n) is 6.59. The number of hydrogen-bond acceptors (Lipinski definition) is 3. The van der Waals surface area contributed by atoms with Crippen molar-refractivity contribution in [3.8, 4) is 0 Å². The van der Waals surface area contributed by atoms with E-state index in [1.807, 2.05) is 12.4 Å². The third-order valence-corrected chi connectivity index (χ3v) is 3.79. The molecule has 17 heavy (non-hydrogen) atoms. The monoisotopic (exact) mass is 233 g/mol. The van der Waals surface area contributed by atoms with Gasteiger partial charge in [-0.1, -0.05) is 6.92 Å². The first-order chi connectivity index (χ1) is 8.28. The maximum atomic E-state index is 5.70. The molecule has 0 bridgehead atoms. The Morgan fingerprint density at radius 1 is 1.35 bits per heavy atom. The van der Waals surface area contributed by atoms with E-state index < -0.39 is 0 Å². The van der Waals surface area contributed by atoms with Crippen LogP contribution >= 0.6 is 0 Å². The van der Waals surface area contributed by atoms with E-state index in [9.17, 15) is 0 Å². The van der Waals surface area contributed by atoms with Gasteiger partial charge in [-0.3, -0.25) is 9.88 Å². The van der Waals surface area contributed by atoms with Crippen molar-refractivity contribution in [1.82, 2.24) is 9.88 Å². The summed E-state index contributed by atoms with van der Waals surface area (Å²) < 4.78 is 0. The van der Waals surface area contributed by atoms with Crippen molar-refractivity contribution in [1.29, 1.82) is 0 Å². The van der Waals surface area contributed by atoms with E-state index in [2.05, 4.69) is 28.9 Å². The van der Waals surface area contributed by atoms with Crippen LogP contribution < -0.4 is 5.73 Å². The third-order valence-electron chi connectivity index (χ3n) is 3.79. The summed E-state index contributed by atoms with van der Waals surface area (Å²) in [6, 6.07) is 4.20. The molecule has 1 aromatic heterocycles. The highest BCUT2D eigenvalue weighted by Gasteiger charge is 2.42. The molecule has 1 aliphatic carbocycles. The summed E-state index contributed by atoms with van der Waals surface area (Å²) in [5.41, 5.74) is 7.59. The van der Waals surface area contributed by atoms with Crippen molar-refractivity contribution in [2.75, 3.05) is 19.6 Å². The molecule has 0 spiro atoms. The van der Waals surface area contributed by atoms with Gasteiger partial charge in [-0.15, -0.1) is 0 Å². The average Bonchev–Trinajstić information content (AvgIpc) is 3.10. The van der Waals surface area contributed by atoms with E-state index in [0.29, 0.717) is 5.41 Å². The largest absolute Gasteiger partial charge is 0.330 e. The van der Waals surface area contributed by atoms with Crippen LogP contribution in [-0.4, -0.2) is 29.5 Å². The molecular formula is C14H23N3. The van der Waals surface area contributed by atoms with Crippen molar-refractivity contribution in [2.24, 2.45) is 11.1 Å².